The van der Waals surface area contributed by atoms with Gasteiger partial charge in [-0.05, 0) is 44.6 Å². The summed E-state index contributed by atoms with van der Waals surface area (Å²) < 4.78 is 7.96. The molecule has 2 aliphatic carbocycles. The first-order valence-electron chi connectivity index (χ1n) is 6.71. The molecule has 3 unspecified atom stereocenters. The molecule has 0 aromatic carbocycles. The number of nitrogens with zero attached hydrogens (tertiary/aromatic N) is 1. The molecule has 1 saturated carbocycles. The Labute approximate surface area is 102 Å². The lowest BCUT2D eigenvalue weighted by molar-refractivity contribution is 0.0733. The van der Waals surface area contributed by atoms with Gasteiger partial charge in [0.25, 0.3) is 0 Å². The Balaban J connectivity index is 1.93. The highest BCUT2D eigenvalue weighted by Gasteiger charge is 2.31. The number of hydrogen-bond donors (Lipinski definition) is 1. The van der Waals surface area contributed by atoms with Gasteiger partial charge in [-0.15, -0.1) is 0 Å². The van der Waals surface area contributed by atoms with Crippen molar-refractivity contribution < 1.29 is 9.84 Å². The normalized spacial score (nSPS) is 32.7. The van der Waals surface area contributed by atoms with Crippen LogP contribution in [0.15, 0.2) is 12.3 Å². The van der Waals surface area contributed by atoms with Crippen LogP contribution in [0.2, 0.25) is 0 Å². The van der Waals surface area contributed by atoms with Gasteiger partial charge in [0.2, 0.25) is 0 Å². The van der Waals surface area contributed by atoms with Gasteiger partial charge < -0.3 is 14.4 Å². The molecule has 0 spiro atoms. The second kappa shape index (κ2) is 4.46. The van der Waals surface area contributed by atoms with Crippen LogP contribution < -0.4 is 0 Å². The lowest BCUT2D eigenvalue weighted by Gasteiger charge is -2.26. The van der Waals surface area contributed by atoms with E-state index in [2.05, 4.69) is 16.8 Å². The molecule has 0 radical (unpaired) electrons. The quantitative estimate of drug-likeness (QED) is 0.855. The Morgan fingerprint density at radius 2 is 2.18 bits per heavy atom. The fraction of sp³-hybridized carbons (Fsp3) is 0.714. The van der Waals surface area contributed by atoms with Gasteiger partial charge in [0.05, 0.1) is 18.2 Å². The fourth-order valence-corrected chi connectivity index (χ4v) is 3.50. The first-order chi connectivity index (χ1) is 8.31. The monoisotopic (exact) mass is 235 g/mol. The van der Waals surface area contributed by atoms with Crippen LogP contribution in [0.3, 0.4) is 0 Å². The number of ether oxygens (including phenoxy) is 1. The molecule has 0 bridgehead atoms. The van der Waals surface area contributed by atoms with E-state index in [-0.39, 0.29) is 6.10 Å². The second-order valence-electron chi connectivity index (χ2n) is 5.31. The van der Waals surface area contributed by atoms with E-state index in [9.17, 15) is 5.11 Å². The molecule has 2 aliphatic rings. The van der Waals surface area contributed by atoms with Gasteiger partial charge in [-0.25, -0.2) is 0 Å². The van der Waals surface area contributed by atoms with Crippen LogP contribution in [0.25, 0.3) is 0 Å². The van der Waals surface area contributed by atoms with Crippen LogP contribution >= 0.6 is 0 Å². The van der Waals surface area contributed by atoms with E-state index >= 15 is 0 Å². The summed E-state index contributed by atoms with van der Waals surface area (Å²) in [5, 5.41) is 10.00. The van der Waals surface area contributed by atoms with E-state index in [4.69, 9.17) is 4.74 Å². The molecule has 1 N–H and O–H groups in total. The topological polar surface area (TPSA) is 34.4 Å². The van der Waals surface area contributed by atoms with Gasteiger partial charge >= 0.3 is 0 Å². The number of aromatic nitrogens is 1. The number of aliphatic hydroxyl groups excluding tert-OH is 1. The van der Waals surface area contributed by atoms with Gasteiger partial charge in [-0.3, -0.25) is 0 Å². The Kier molecular flexibility index (Phi) is 2.97. The first-order valence-corrected chi connectivity index (χ1v) is 6.71. The van der Waals surface area contributed by atoms with Crippen molar-refractivity contribution in [2.75, 3.05) is 7.11 Å². The number of aliphatic hydroxyl groups is 1. The standard InChI is InChI=1S/C14H21NO2/c1-17-14-7-3-5-12(14)15-9-8-10-11(15)4-2-6-13(10)16/h8-9,12-14,16H,2-7H2,1H3. The minimum atomic E-state index is -0.248. The van der Waals surface area contributed by atoms with E-state index in [1.54, 1.807) is 0 Å². The van der Waals surface area contributed by atoms with E-state index in [1.165, 1.54) is 18.5 Å². The van der Waals surface area contributed by atoms with Crippen molar-refractivity contribution in [3.05, 3.63) is 23.5 Å². The van der Waals surface area contributed by atoms with Crippen LogP contribution in [0.4, 0.5) is 0 Å². The molecular weight excluding hydrogens is 214 g/mol. The lowest BCUT2D eigenvalue weighted by atomic mass is 9.95. The van der Waals surface area contributed by atoms with Crippen molar-refractivity contribution in [1.82, 2.24) is 4.57 Å². The third kappa shape index (κ3) is 1.81. The van der Waals surface area contributed by atoms with Crippen LogP contribution in [-0.4, -0.2) is 22.9 Å². The third-order valence-corrected chi connectivity index (χ3v) is 4.39. The number of rotatable bonds is 2. The maximum atomic E-state index is 10.00. The number of methoxy groups -OCH3 is 1. The summed E-state index contributed by atoms with van der Waals surface area (Å²) in [7, 11) is 1.81. The van der Waals surface area contributed by atoms with Crippen LogP contribution in [-0.2, 0) is 11.2 Å². The second-order valence-corrected chi connectivity index (χ2v) is 5.31. The van der Waals surface area contributed by atoms with E-state index in [0.29, 0.717) is 12.1 Å². The summed E-state index contributed by atoms with van der Waals surface area (Å²) in [6.45, 7) is 0. The molecule has 0 amide bonds. The van der Waals surface area contributed by atoms with E-state index in [1.807, 2.05) is 7.11 Å². The molecule has 1 heterocycles. The number of hydrogen-bond acceptors (Lipinski definition) is 2. The molecule has 17 heavy (non-hydrogen) atoms. The predicted molar refractivity (Wildman–Crippen MR) is 66.0 cm³/mol. The predicted octanol–water partition coefficient (Wildman–Crippen LogP) is 2.60. The van der Waals surface area contributed by atoms with Gasteiger partial charge in [-0.2, -0.15) is 0 Å². The summed E-state index contributed by atoms with van der Waals surface area (Å²) in [6, 6.07) is 2.58. The largest absolute Gasteiger partial charge is 0.388 e. The number of fused-ring (bicyclic) bond motifs is 1. The minimum absolute atomic E-state index is 0.248. The van der Waals surface area contributed by atoms with E-state index in [0.717, 1.165) is 31.2 Å². The zero-order valence-corrected chi connectivity index (χ0v) is 10.4. The molecule has 3 rings (SSSR count). The molecular formula is C14H21NO2. The summed E-state index contributed by atoms with van der Waals surface area (Å²) in [6.07, 6.45) is 8.99. The zero-order chi connectivity index (χ0) is 11.8. The summed E-state index contributed by atoms with van der Waals surface area (Å²) in [5.74, 6) is 0. The molecule has 1 fully saturated rings. The van der Waals surface area contributed by atoms with Crippen molar-refractivity contribution in [2.24, 2.45) is 0 Å². The average Bonchev–Trinajstić information content (AvgIpc) is 2.94. The van der Waals surface area contributed by atoms with Crippen molar-refractivity contribution in [3.8, 4) is 0 Å². The minimum Gasteiger partial charge on any atom is -0.388 e. The smallest absolute Gasteiger partial charge is 0.0807 e. The van der Waals surface area contributed by atoms with Gasteiger partial charge in [-0.1, -0.05) is 0 Å². The first kappa shape index (κ1) is 11.3. The third-order valence-electron chi connectivity index (χ3n) is 4.39. The Hall–Kier alpha value is -0.800. The van der Waals surface area contributed by atoms with Crippen LogP contribution in [0, 0.1) is 0 Å². The van der Waals surface area contributed by atoms with Crippen LogP contribution in [0.1, 0.15) is 55.5 Å². The average molecular weight is 235 g/mol. The molecule has 3 nitrogen and oxygen atoms in total. The molecule has 1 aromatic rings. The Morgan fingerprint density at radius 1 is 1.29 bits per heavy atom. The summed E-state index contributed by atoms with van der Waals surface area (Å²) >= 11 is 0. The highest BCUT2D eigenvalue weighted by molar-refractivity contribution is 5.28. The van der Waals surface area contributed by atoms with Crippen LogP contribution in [0.5, 0.6) is 0 Å². The van der Waals surface area contributed by atoms with Gasteiger partial charge in [0.15, 0.2) is 0 Å². The van der Waals surface area contributed by atoms with Crippen molar-refractivity contribution in [1.29, 1.82) is 0 Å². The highest BCUT2D eigenvalue weighted by atomic mass is 16.5. The fourth-order valence-electron chi connectivity index (χ4n) is 3.50. The lowest BCUT2D eigenvalue weighted by Crippen LogP contribution is -2.23. The molecule has 3 atom stereocenters. The van der Waals surface area contributed by atoms with E-state index < -0.39 is 0 Å². The van der Waals surface area contributed by atoms with Crippen molar-refractivity contribution in [2.45, 2.75) is 56.8 Å². The molecule has 0 aliphatic heterocycles. The molecule has 94 valence electrons. The Bertz CT molecular complexity index is 399. The maximum absolute atomic E-state index is 10.00. The maximum Gasteiger partial charge on any atom is 0.0807 e. The summed E-state index contributed by atoms with van der Waals surface area (Å²) in [5.41, 5.74) is 2.50. The van der Waals surface area contributed by atoms with Crippen molar-refractivity contribution >= 4 is 0 Å². The Morgan fingerprint density at radius 3 is 3.00 bits per heavy atom. The zero-order valence-electron chi connectivity index (χ0n) is 10.4. The van der Waals surface area contributed by atoms with Gasteiger partial charge in [0, 0.05) is 24.6 Å². The SMILES string of the molecule is COC1CCCC1n1ccc2c1CCCC2O. The highest BCUT2D eigenvalue weighted by Crippen LogP contribution is 2.38. The van der Waals surface area contributed by atoms with Gasteiger partial charge in [0.1, 0.15) is 0 Å². The molecule has 1 aromatic heterocycles. The summed E-state index contributed by atoms with van der Waals surface area (Å²) in [4.78, 5) is 0. The molecule has 0 saturated heterocycles. The van der Waals surface area contributed by atoms with Crippen molar-refractivity contribution in [3.63, 3.8) is 0 Å². The molecule has 3 heteroatoms.